The van der Waals surface area contributed by atoms with Gasteiger partial charge in [0.25, 0.3) is 0 Å². The van der Waals surface area contributed by atoms with Gasteiger partial charge >= 0.3 is 0 Å². The smallest absolute Gasteiger partial charge is 0.0499 e. The summed E-state index contributed by atoms with van der Waals surface area (Å²) in [7, 11) is 0. The zero-order valence-electron chi connectivity index (χ0n) is 31.8. The quantitative estimate of drug-likeness (QED) is 0.167. The van der Waals surface area contributed by atoms with Crippen LogP contribution in [0.3, 0.4) is 0 Å². The van der Waals surface area contributed by atoms with E-state index in [4.69, 9.17) is 0 Å². The minimum Gasteiger partial charge on any atom is -0.310 e. The SMILES string of the molecule is CC(C)(C)c1cc(-c2ccc(-c3ccc4ccccc4c3)cc2)ccc1N(c1ccc(-c2ccccc2)cc1)c1ccc2c(c1)C(C)(C)c1ccccc1-2. The molecule has 1 heteroatoms. The van der Waals surface area contributed by atoms with Crippen LogP contribution in [0.15, 0.2) is 182 Å². The molecule has 0 spiro atoms. The van der Waals surface area contributed by atoms with Gasteiger partial charge in [-0.3, -0.25) is 0 Å². The van der Waals surface area contributed by atoms with Gasteiger partial charge in [0.1, 0.15) is 0 Å². The standard InChI is InChI=1S/C53H45N/c1-52(2,3)50-34-43(40-21-19-39(20-22-40)42-24-23-37-15-9-10-16-41(37)33-42)27-32-51(50)54(44-28-25-38(26-29-44)36-13-7-6-8-14-36)45-30-31-47-46-17-11-12-18-48(46)53(4,5)49(47)35-45/h6-35H,1-5H3. The first-order chi connectivity index (χ1) is 26.1. The fourth-order valence-corrected chi connectivity index (χ4v) is 8.43. The van der Waals surface area contributed by atoms with Gasteiger partial charge in [0.2, 0.25) is 0 Å². The van der Waals surface area contributed by atoms with Crippen molar-refractivity contribution < 1.29 is 0 Å². The molecule has 1 aliphatic carbocycles. The number of hydrogen-bond donors (Lipinski definition) is 0. The van der Waals surface area contributed by atoms with Crippen molar-refractivity contribution in [2.75, 3.05) is 4.90 Å². The van der Waals surface area contributed by atoms with Crippen molar-refractivity contribution in [2.45, 2.75) is 45.4 Å². The minimum atomic E-state index is -0.120. The first kappa shape index (κ1) is 33.6. The first-order valence-electron chi connectivity index (χ1n) is 19.1. The predicted octanol–water partition coefficient (Wildman–Crippen LogP) is 14.9. The Morgan fingerprint density at radius 3 is 1.63 bits per heavy atom. The van der Waals surface area contributed by atoms with Gasteiger partial charge in [-0.05, 0) is 120 Å². The second-order valence-corrected chi connectivity index (χ2v) is 16.3. The van der Waals surface area contributed by atoms with Crippen molar-refractivity contribution in [2.24, 2.45) is 0 Å². The highest BCUT2D eigenvalue weighted by Gasteiger charge is 2.36. The number of fused-ring (bicyclic) bond motifs is 4. The molecule has 0 N–H and O–H groups in total. The van der Waals surface area contributed by atoms with Crippen molar-refractivity contribution in [1.29, 1.82) is 0 Å². The van der Waals surface area contributed by atoms with Crippen LogP contribution in [0.4, 0.5) is 17.1 Å². The van der Waals surface area contributed by atoms with E-state index in [9.17, 15) is 0 Å². The summed E-state index contributed by atoms with van der Waals surface area (Å²) in [5.74, 6) is 0. The largest absolute Gasteiger partial charge is 0.310 e. The summed E-state index contributed by atoms with van der Waals surface area (Å²) >= 11 is 0. The lowest BCUT2D eigenvalue weighted by atomic mass is 9.82. The molecule has 0 aliphatic heterocycles. The van der Waals surface area contributed by atoms with E-state index in [0.717, 1.165) is 5.69 Å². The van der Waals surface area contributed by atoms with Gasteiger partial charge in [-0.1, -0.05) is 174 Å². The second kappa shape index (κ2) is 13.0. The normalized spacial score (nSPS) is 13.1. The Morgan fingerprint density at radius 1 is 0.389 bits per heavy atom. The zero-order chi connectivity index (χ0) is 37.0. The molecule has 0 bridgehead atoms. The van der Waals surface area contributed by atoms with Gasteiger partial charge in [0.05, 0.1) is 0 Å². The Hall–Kier alpha value is -6.18. The molecule has 262 valence electrons. The first-order valence-corrected chi connectivity index (χ1v) is 19.1. The van der Waals surface area contributed by atoms with E-state index >= 15 is 0 Å². The molecule has 8 aromatic carbocycles. The topological polar surface area (TPSA) is 3.24 Å². The highest BCUT2D eigenvalue weighted by atomic mass is 15.1. The molecule has 0 unspecified atom stereocenters. The molecule has 9 rings (SSSR count). The highest BCUT2D eigenvalue weighted by molar-refractivity contribution is 5.89. The maximum atomic E-state index is 2.47. The van der Waals surface area contributed by atoms with E-state index in [0.29, 0.717) is 0 Å². The predicted molar refractivity (Wildman–Crippen MR) is 231 cm³/mol. The van der Waals surface area contributed by atoms with Crippen LogP contribution in [-0.2, 0) is 10.8 Å². The van der Waals surface area contributed by atoms with Gasteiger partial charge in [-0.2, -0.15) is 0 Å². The summed E-state index contributed by atoms with van der Waals surface area (Å²) in [6.45, 7) is 11.7. The Balaban J connectivity index is 1.15. The van der Waals surface area contributed by atoms with Crippen molar-refractivity contribution in [3.63, 3.8) is 0 Å². The molecule has 0 saturated carbocycles. The third kappa shape index (κ3) is 5.91. The Kier molecular flexibility index (Phi) is 8.12. The number of anilines is 3. The minimum absolute atomic E-state index is 0.0967. The van der Waals surface area contributed by atoms with Crippen molar-refractivity contribution >= 4 is 27.8 Å². The molecule has 0 atom stereocenters. The summed E-state index contributed by atoms with van der Waals surface area (Å²) < 4.78 is 0. The summed E-state index contributed by atoms with van der Waals surface area (Å²) in [4.78, 5) is 2.47. The van der Waals surface area contributed by atoms with Crippen LogP contribution in [0.1, 0.15) is 51.3 Å². The molecular formula is C53H45N. The van der Waals surface area contributed by atoms with Gasteiger partial charge < -0.3 is 4.90 Å². The summed E-state index contributed by atoms with van der Waals surface area (Å²) in [5, 5.41) is 2.53. The fraction of sp³-hybridized carbons (Fsp3) is 0.132. The van der Waals surface area contributed by atoms with Crippen LogP contribution in [0.25, 0.3) is 55.3 Å². The van der Waals surface area contributed by atoms with Gasteiger partial charge in [0.15, 0.2) is 0 Å². The monoisotopic (exact) mass is 695 g/mol. The molecule has 1 nitrogen and oxygen atoms in total. The molecule has 1 aliphatic rings. The summed E-state index contributed by atoms with van der Waals surface area (Å²) in [6, 6.07) is 67.1. The molecule has 0 saturated heterocycles. The van der Waals surface area contributed by atoms with E-state index in [1.54, 1.807) is 0 Å². The summed E-state index contributed by atoms with van der Waals surface area (Å²) in [5.41, 5.74) is 17.3. The maximum absolute atomic E-state index is 2.47. The molecule has 0 radical (unpaired) electrons. The maximum Gasteiger partial charge on any atom is 0.0499 e. The van der Waals surface area contributed by atoms with E-state index in [-0.39, 0.29) is 10.8 Å². The molecular weight excluding hydrogens is 651 g/mol. The second-order valence-electron chi connectivity index (χ2n) is 16.3. The van der Waals surface area contributed by atoms with Gasteiger partial charge in [0, 0.05) is 22.5 Å². The highest BCUT2D eigenvalue weighted by Crippen LogP contribution is 2.51. The van der Waals surface area contributed by atoms with Crippen LogP contribution < -0.4 is 4.90 Å². The molecule has 0 heterocycles. The lowest BCUT2D eigenvalue weighted by molar-refractivity contribution is 0.591. The molecule has 0 aromatic heterocycles. The fourth-order valence-electron chi connectivity index (χ4n) is 8.43. The molecule has 0 fully saturated rings. The zero-order valence-corrected chi connectivity index (χ0v) is 31.8. The van der Waals surface area contributed by atoms with E-state index in [2.05, 4.69) is 222 Å². The van der Waals surface area contributed by atoms with Gasteiger partial charge in [-0.25, -0.2) is 0 Å². The lowest BCUT2D eigenvalue weighted by Gasteiger charge is -2.33. The van der Waals surface area contributed by atoms with Crippen LogP contribution in [-0.4, -0.2) is 0 Å². The van der Waals surface area contributed by atoms with E-state index < -0.39 is 0 Å². The lowest BCUT2D eigenvalue weighted by Crippen LogP contribution is -2.20. The van der Waals surface area contributed by atoms with E-state index in [1.807, 2.05) is 0 Å². The van der Waals surface area contributed by atoms with Crippen molar-refractivity contribution in [3.05, 3.63) is 199 Å². The van der Waals surface area contributed by atoms with Crippen molar-refractivity contribution in [1.82, 2.24) is 0 Å². The Bertz CT molecular complexity index is 2640. The van der Waals surface area contributed by atoms with Crippen molar-refractivity contribution in [3.8, 4) is 44.5 Å². The Labute approximate surface area is 320 Å². The van der Waals surface area contributed by atoms with Crippen LogP contribution >= 0.6 is 0 Å². The summed E-state index contributed by atoms with van der Waals surface area (Å²) in [6.07, 6.45) is 0. The van der Waals surface area contributed by atoms with E-state index in [1.165, 1.54) is 83.3 Å². The number of benzene rings is 8. The number of hydrogen-bond acceptors (Lipinski definition) is 1. The number of rotatable bonds is 6. The average Bonchev–Trinajstić information content (AvgIpc) is 3.43. The number of nitrogens with zero attached hydrogens (tertiary/aromatic N) is 1. The average molecular weight is 696 g/mol. The molecule has 8 aromatic rings. The third-order valence-electron chi connectivity index (χ3n) is 11.4. The van der Waals surface area contributed by atoms with Crippen LogP contribution in [0.5, 0.6) is 0 Å². The molecule has 54 heavy (non-hydrogen) atoms. The van der Waals surface area contributed by atoms with Crippen LogP contribution in [0, 0.1) is 0 Å². The van der Waals surface area contributed by atoms with Gasteiger partial charge in [-0.15, -0.1) is 0 Å². The van der Waals surface area contributed by atoms with Crippen LogP contribution in [0.2, 0.25) is 0 Å². The molecule has 0 amide bonds. The third-order valence-corrected chi connectivity index (χ3v) is 11.4. The Morgan fingerprint density at radius 2 is 0.907 bits per heavy atom.